The summed E-state index contributed by atoms with van der Waals surface area (Å²) in [7, 11) is 0. The number of fused-ring (bicyclic) bond motifs is 3. The lowest BCUT2D eigenvalue weighted by atomic mass is 9.44. The monoisotopic (exact) mass is 482 g/mol. The standard InChI is InChI=1S/C26H42O8/c1-5-24(2)9-8-15-14(10-24)6-7-18-25(15,3)11-16(28)22(32)26(18,4)13-33-23-21(31)20(30)19(29)17(12-27)34-23/h5-6,15-23,27-32H,1,7-13H2,2-4H3/t15-,16+,17?,18?,19?,20?,21?,22-,23?,24-,25+,26+/m0/s1. The van der Waals surface area contributed by atoms with E-state index in [2.05, 4.69) is 32.6 Å². The lowest BCUT2D eigenvalue weighted by Crippen LogP contribution is -2.64. The van der Waals surface area contributed by atoms with E-state index in [1.807, 2.05) is 6.92 Å². The Balaban J connectivity index is 1.58. The van der Waals surface area contributed by atoms with E-state index in [9.17, 15) is 30.6 Å². The maximum absolute atomic E-state index is 11.2. The van der Waals surface area contributed by atoms with Crippen molar-refractivity contribution in [2.45, 2.75) is 95.8 Å². The summed E-state index contributed by atoms with van der Waals surface area (Å²) < 4.78 is 11.4. The Morgan fingerprint density at radius 3 is 2.47 bits per heavy atom. The van der Waals surface area contributed by atoms with E-state index in [0.29, 0.717) is 12.3 Å². The quantitative estimate of drug-likeness (QED) is 0.318. The molecule has 0 radical (unpaired) electrons. The van der Waals surface area contributed by atoms with Crippen LogP contribution in [0.4, 0.5) is 0 Å². The molecule has 34 heavy (non-hydrogen) atoms. The molecule has 194 valence electrons. The molecule has 4 rings (SSSR count). The molecule has 0 spiro atoms. The third-order valence-electron chi connectivity index (χ3n) is 9.65. The fraction of sp³-hybridized carbons (Fsp3) is 0.846. The molecule has 6 N–H and O–H groups in total. The van der Waals surface area contributed by atoms with E-state index in [1.165, 1.54) is 5.57 Å². The van der Waals surface area contributed by atoms with Gasteiger partial charge in [-0.3, -0.25) is 0 Å². The van der Waals surface area contributed by atoms with Crippen molar-refractivity contribution in [2.75, 3.05) is 13.2 Å². The molecule has 2 saturated carbocycles. The molecule has 1 heterocycles. The Morgan fingerprint density at radius 2 is 1.82 bits per heavy atom. The van der Waals surface area contributed by atoms with Gasteiger partial charge in [-0.2, -0.15) is 0 Å². The fourth-order valence-electron chi connectivity index (χ4n) is 7.43. The van der Waals surface area contributed by atoms with Crippen LogP contribution < -0.4 is 0 Å². The molecule has 0 bridgehead atoms. The Bertz CT molecular complexity index is 800. The summed E-state index contributed by atoms with van der Waals surface area (Å²) >= 11 is 0. The lowest BCUT2D eigenvalue weighted by Gasteiger charge is -2.62. The topological polar surface area (TPSA) is 140 Å². The van der Waals surface area contributed by atoms with E-state index < -0.39 is 54.9 Å². The number of aliphatic hydroxyl groups excluding tert-OH is 6. The van der Waals surface area contributed by atoms with Crippen molar-refractivity contribution in [3.63, 3.8) is 0 Å². The van der Waals surface area contributed by atoms with Crippen LogP contribution in [0, 0.1) is 28.1 Å². The summed E-state index contributed by atoms with van der Waals surface area (Å²) in [6.45, 7) is 9.84. The first kappa shape index (κ1) is 26.2. The molecule has 6 unspecified atom stereocenters. The summed E-state index contributed by atoms with van der Waals surface area (Å²) in [4.78, 5) is 0. The minimum absolute atomic E-state index is 0.0186. The van der Waals surface area contributed by atoms with Gasteiger partial charge in [0.15, 0.2) is 6.29 Å². The van der Waals surface area contributed by atoms with Crippen molar-refractivity contribution < 1.29 is 40.1 Å². The summed E-state index contributed by atoms with van der Waals surface area (Å²) in [5.41, 5.74) is 0.409. The zero-order chi connectivity index (χ0) is 25.1. The number of rotatable bonds is 5. The second-order valence-corrected chi connectivity index (χ2v) is 11.9. The van der Waals surface area contributed by atoms with Crippen molar-refractivity contribution in [1.29, 1.82) is 0 Å². The molecule has 0 aromatic heterocycles. The molecular formula is C26H42O8. The van der Waals surface area contributed by atoms with E-state index in [-0.39, 0.29) is 23.4 Å². The van der Waals surface area contributed by atoms with Crippen molar-refractivity contribution in [3.05, 3.63) is 24.3 Å². The van der Waals surface area contributed by atoms with Gasteiger partial charge in [-0.15, -0.1) is 6.58 Å². The molecule has 4 aliphatic rings. The average molecular weight is 483 g/mol. The molecule has 1 aliphatic heterocycles. The number of ether oxygens (including phenoxy) is 2. The first-order chi connectivity index (χ1) is 15.9. The Kier molecular flexibility index (Phi) is 7.12. The van der Waals surface area contributed by atoms with Gasteiger partial charge < -0.3 is 40.1 Å². The van der Waals surface area contributed by atoms with Gasteiger partial charge in [0.05, 0.1) is 25.4 Å². The van der Waals surface area contributed by atoms with Crippen LogP contribution in [0.2, 0.25) is 0 Å². The molecule has 0 aromatic rings. The van der Waals surface area contributed by atoms with Crippen LogP contribution in [-0.2, 0) is 9.47 Å². The van der Waals surface area contributed by atoms with E-state index in [4.69, 9.17) is 9.47 Å². The van der Waals surface area contributed by atoms with E-state index in [1.54, 1.807) is 0 Å². The summed E-state index contributed by atoms with van der Waals surface area (Å²) in [6, 6.07) is 0. The van der Waals surface area contributed by atoms with Crippen molar-refractivity contribution >= 4 is 0 Å². The van der Waals surface area contributed by atoms with Crippen LogP contribution in [0.5, 0.6) is 0 Å². The van der Waals surface area contributed by atoms with E-state index in [0.717, 1.165) is 25.7 Å². The third-order valence-corrected chi connectivity index (χ3v) is 9.65. The van der Waals surface area contributed by atoms with Gasteiger partial charge in [0.2, 0.25) is 0 Å². The normalized spacial score (nSPS) is 53.4. The third kappa shape index (κ3) is 4.10. The predicted molar refractivity (Wildman–Crippen MR) is 124 cm³/mol. The second-order valence-electron chi connectivity index (χ2n) is 11.9. The van der Waals surface area contributed by atoms with Crippen molar-refractivity contribution in [3.8, 4) is 0 Å². The predicted octanol–water partition coefficient (Wildman–Crippen LogP) is 0.880. The van der Waals surface area contributed by atoms with Crippen LogP contribution in [0.15, 0.2) is 24.3 Å². The lowest BCUT2D eigenvalue weighted by molar-refractivity contribution is -0.315. The van der Waals surface area contributed by atoms with Gasteiger partial charge in [-0.25, -0.2) is 0 Å². The zero-order valence-corrected chi connectivity index (χ0v) is 20.5. The molecule has 0 amide bonds. The van der Waals surface area contributed by atoms with Gasteiger partial charge in [0, 0.05) is 5.41 Å². The first-order valence-electron chi connectivity index (χ1n) is 12.5. The number of hydrogen-bond donors (Lipinski definition) is 6. The fourth-order valence-corrected chi connectivity index (χ4v) is 7.43. The maximum Gasteiger partial charge on any atom is 0.186 e. The molecule has 8 heteroatoms. The molecular weight excluding hydrogens is 440 g/mol. The molecule has 8 nitrogen and oxygen atoms in total. The highest BCUT2D eigenvalue weighted by molar-refractivity contribution is 5.26. The first-order valence-corrected chi connectivity index (χ1v) is 12.5. The Morgan fingerprint density at radius 1 is 1.12 bits per heavy atom. The van der Waals surface area contributed by atoms with Gasteiger partial charge >= 0.3 is 0 Å². The minimum Gasteiger partial charge on any atom is -0.394 e. The Hall–Kier alpha value is -0.840. The zero-order valence-electron chi connectivity index (χ0n) is 20.5. The highest BCUT2D eigenvalue weighted by Crippen LogP contribution is 2.63. The summed E-state index contributed by atoms with van der Waals surface area (Å²) in [5.74, 6) is 0.318. The number of aliphatic hydroxyl groups is 6. The van der Waals surface area contributed by atoms with Gasteiger partial charge in [0.25, 0.3) is 0 Å². The van der Waals surface area contributed by atoms with Gasteiger partial charge in [-0.05, 0) is 54.8 Å². The molecule has 12 atom stereocenters. The van der Waals surface area contributed by atoms with Gasteiger partial charge in [0.1, 0.15) is 24.4 Å². The van der Waals surface area contributed by atoms with Crippen molar-refractivity contribution in [2.24, 2.45) is 28.1 Å². The summed E-state index contributed by atoms with van der Waals surface area (Å²) in [6.07, 6.45) is -0.221. The van der Waals surface area contributed by atoms with Crippen LogP contribution in [0.1, 0.15) is 52.9 Å². The molecule has 0 aromatic carbocycles. The maximum atomic E-state index is 11.2. The molecule has 3 fully saturated rings. The summed E-state index contributed by atoms with van der Waals surface area (Å²) in [5, 5.41) is 62.1. The van der Waals surface area contributed by atoms with Gasteiger partial charge in [-0.1, -0.05) is 38.5 Å². The number of hydrogen-bond acceptors (Lipinski definition) is 8. The SMILES string of the molecule is C=C[C@@]1(C)CC[C@H]2C(=CCC3[C@]2(C)C[C@@H](O)[C@H](O)[C@]3(C)COC2OC(CO)C(O)C(O)C2O)C1. The van der Waals surface area contributed by atoms with Crippen molar-refractivity contribution in [1.82, 2.24) is 0 Å². The van der Waals surface area contributed by atoms with Crippen LogP contribution in [0.25, 0.3) is 0 Å². The smallest absolute Gasteiger partial charge is 0.186 e. The minimum atomic E-state index is -1.53. The number of allylic oxidation sites excluding steroid dienone is 3. The highest BCUT2D eigenvalue weighted by Gasteiger charge is 2.61. The van der Waals surface area contributed by atoms with E-state index >= 15 is 0 Å². The molecule has 1 saturated heterocycles. The Labute approximate surface area is 201 Å². The van der Waals surface area contributed by atoms with Crippen LogP contribution in [0.3, 0.4) is 0 Å². The van der Waals surface area contributed by atoms with Crippen LogP contribution >= 0.6 is 0 Å². The average Bonchev–Trinajstić information content (AvgIpc) is 2.80. The largest absolute Gasteiger partial charge is 0.394 e. The van der Waals surface area contributed by atoms with Crippen LogP contribution in [-0.4, -0.2) is 86.8 Å². The molecule has 3 aliphatic carbocycles. The highest BCUT2D eigenvalue weighted by atomic mass is 16.7. The second kappa shape index (κ2) is 9.23.